The van der Waals surface area contributed by atoms with Crippen molar-refractivity contribution in [2.45, 2.75) is 5.37 Å². The van der Waals surface area contributed by atoms with Crippen LogP contribution in [0.1, 0.15) is 10.9 Å². The quantitative estimate of drug-likeness (QED) is 0.414. The zero-order valence-electron chi connectivity index (χ0n) is 7.00. The maximum Gasteiger partial charge on any atom is 0.164 e. The van der Waals surface area contributed by atoms with Crippen molar-refractivity contribution in [3.05, 3.63) is 35.4 Å². The predicted molar refractivity (Wildman–Crippen MR) is 58.0 cm³/mol. The zero-order valence-corrected chi connectivity index (χ0v) is 8.71. The van der Waals surface area contributed by atoms with Crippen LogP contribution in [0.25, 0.3) is 0 Å². The molecule has 1 atom stereocenters. The van der Waals surface area contributed by atoms with Gasteiger partial charge in [-0.25, -0.2) is 8.78 Å². The monoisotopic (exact) mass is 234 g/mol. The molecular formula is C8H8F2N2S2. The van der Waals surface area contributed by atoms with Gasteiger partial charge in [0, 0.05) is 0 Å². The molecule has 0 aromatic heterocycles. The molecule has 2 nitrogen and oxygen atoms in total. The van der Waals surface area contributed by atoms with Crippen molar-refractivity contribution in [1.29, 1.82) is 0 Å². The van der Waals surface area contributed by atoms with Crippen LogP contribution in [0.5, 0.6) is 0 Å². The standard InChI is InChI=1S/C8H8F2N2S2/c9-5-2-1-4(3-6(5)10)7(13)12-8(11)14/h1-3,7,13H,(H3,11,12,14). The molecule has 0 radical (unpaired) electrons. The summed E-state index contributed by atoms with van der Waals surface area (Å²) in [5.41, 5.74) is 5.66. The molecule has 3 N–H and O–H groups in total. The Bertz CT molecular complexity index is 357. The van der Waals surface area contributed by atoms with E-state index in [2.05, 4.69) is 30.2 Å². The smallest absolute Gasteiger partial charge is 0.164 e. The molecule has 0 saturated carbocycles. The summed E-state index contributed by atoms with van der Waals surface area (Å²) in [5.74, 6) is -1.82. The first-order chi connectivity index (χ1) is 6.50. The topological polar surface area (TPSA) is 38.0 Å². The molecule has 0 spiro atoms. The Morgan fingerprint density at radius 3 is 2.57 bits per heavy atom. The minimum Gasteiger partial charge on any atom is -0.376 e. The molecule has 6 heteroatoms. The van der Waals surface area contributed by atoms with E-state index in [1.165, 1.54) is 6.07 Å². The van der Waals surface area contributed by atoms with Crippen LogP contribution < -0.4 is 11.1 Å². The van der Waals surface area contributed by atoms with Crippen molar-refractivity contribution in [2.75, 3.05) is 0 Å². The highest BCUT2D eigenvalue weighted by Crippen LogP contribution is 2.18. The third kappa shape index (κ3) is 2.81. The Morgan fingerprint density at radius 2 is 2.07 bits per heavy atom. The number of hydrogen-bond acceptors (Lipinski definition) is 2. The van der Waals surface area contributed by atoms with Gasteiger partial charge < -0.3 is 11.1 Å². The normalized spacial score (nSPS) is 12.2. The van der Waals surface area contributed by atoms with Crippen LogP contribution in [-0.4, -0.2) is 5.11 Å². The number of nitrogens with two attached hydrogens (primary N) is 1. The number of hydrogen-bond donors (Lipinski definition) is 3. The number of thiocarbonyl (C=S) groups is 1. The van der Waals surface area contributed by atoms with Crippen LogP contribution in [0.4, 0.5) is 8.78 Å². The van der Waals surface area contributed by atoms with Gasteiger partial charge in [0.2, 0.25) is 0 Å². The van der Waals surface area contributed by atoms with E-state index in [1.807, 2.05) is 0 Å². The first-order valence-corrected chi connectivity index (χ1v) is 4.62. The van der Waals surface area contributed by atoms with Gasteiger partial charge in [-0.05, 0) is 29.9 Å². The molecule has 1 unspecified atom stereocenters. The Kier molecular flexibility index (Phi) is 3.65. The molecule has 0 amide bonds. The molecule has 0 bridgehead atoms. The lowest BCUT2D eigenvalue weighted by Crippen LogP contribution is -2.30. The Hall–Kier alpha value is -0.880. The third-order valence-electron chi connectivity index (χ3n) is 1.54. The summed E-state index contributed by atoms with van der Waals surface area (Å²) in [6.07, 6.45) is 0. The molecule has 0 heterocycles. The van der Waals surface area contributed by atoms with Gasteiger partial charge in [0.15, 0.2) is 16.7 Å². The second kappa shape index (κ2) is 4.56. The summed E-state index contributed by atoms with van der Waals surface area (Å²) in [6, 6.07) is 3.47. The minimum atomic E-state index is -0.925. The van der Waals surface area contributed by atoms with E-state index in [9.17, 15) is 8.78 Å². The van der Waals surface area contributed by atoms with Crippen LogP contribution >= 0.6 is 24.8 Å². The summed E-state index contributed by atoms with van der Waals surface area (Å²) in [5, 5.41) is 2.10. The van der Waals surface area contributed by atoms with Crippen LogP contribution in [0, 0.1) is 11.6 Å². The SMILES string of the molecule is NC(=S)NC(S)c1ccc(F)c(F)c1. The molecule has 0 aliphatic heterocycles. The molecule has 1 rings (SSSR count). The van der Waals surface area contributed by atoms with Crippen LogP contribution in [-0.2, 0) is 0 Å². The van der Waals surface area contributed by atoms with Crippen molar-refractivity contribution in [2.24, 2.45) is 5.73 Å². The molecule has 14 heavy (non-hydrogen) atoms. The lowest BCUT2D eigenvalue weighted by Gasteiger charge is -2.12. The van der Waals surface area contributed by atoms with Gasteiger partial charge in [0.05, 0.1) is 5.37 Å². The fourth-order valence-corrected chi connectivity index (χ4v) is 1.41. The predicted octanol–water partition coefficient (Wildman–Crippen LogP) is 1.73. The molecule has 0 aliphatic rings. The first kappa shape index (κ1) is 11.2. The lowest BCUT2D eigenvalue weighted by atomic mass is 10.2. The summed E-state index contributed by atoms with van der Waals surface area (Å²) < 4.78 is 25.3. The van der Waals surface area contributed by atoms with E-state index in [0.29, 0.717) is 5.56 Å². The lowest BCUT2D eigenvalue weighted by molar-refractivity contribution is 0.506. The number of nitrogens with one attached hydrogen (secondary N) is 1. The molecule has 0 aliphatic carbocycles. The van der Waals surface area contributed by atoms with Gasteiger partial charge in [-0.15, -0.1) is 12.6 Å². The van der Waals surface area contributed by atoms with Gasteiger partial charge >= 0.3 is 0 Å². The molecule has 1 aromatic carbocycles. The largest absolute Gasteiger partial charge is 0.376 e. The summed E-state index contributed by atoms with van der Waals surface area (Å²) in [4.78, 5) is 0. The molecule has 76 valence electrons. The van der Waals surface area contributed by atoms with E-state index in [-0.39, 0.29) is 5.11 Å². The summed E-state index contributed by atoms with van der Waals surface area (Å²) in [7, 11) is 0. The van der Waals surface area contributed by atoms with E-state index in [4.69, 9.17) is 5.73 Å². The van der Waals surface area contributed by atoms with E-state index < -0.39 is 17.0 Å². The van der Waals surface area contributed by atoms with E-state index >= 15 is 0 Å². The second-order valence-electron chi connectivity index (χ2n) is 2.58. The first-order valence-electron chi connectivity index (χ1n) is 3.69. The number of thiol groups is 1. The summed E-state index contributed by atoms with van der Waals surface area (Å²) in [6.45, 7) is 0. The number of benzene rings is 1. The van der Waals surface area contributed by atoms with Crippen LogP contribution in [0.2, 0.25) is 0 Å². The van der Waals surface area contributed by atoms with E-state index in [0.717, 1.165) is 12.1 Å². The number of rotatable bonds is 2. The highest BCUT2D eigenvalue weighted by Gasteiger charge is 2.09. The Balaban J connectivity index is 2.85. The molecular weight excluding hydrogens is 226 g/mol. The molecule has 0 fully saturated rings. The van der Waals surface area contributed by atoms with E-state index in [1.54, 1.807) is 0 Å². The van der Waals surface area contributed by atoms with Crippen LogP contribution in [0.15, 0.2) is 18.2 Å². The minimum absolute atomic E-state index is 0.0507. The molecule has 1 aromatic rings. The molecule has 0 saturated heterocycles. The van der Waals surface area contributed by atoms with Crippen molar-refractivity contribution < 1.29 is 8.78 Å². The highest BCUT2D eigenvalue weighted by atomic mass is 32.1. The van der Waals surface area contributed by atoms with Crippen LogP contribution in [0.3, 0.4) is 0 Å². The van der Waals surface area contributed by atoms with Gasteiger partial charge in [-0.3, -0.25) is 0 Å². The van der Waals surface area contributed by atoms with Crippen molar-refractivity contribution in [3.63, 3.8) is 0 Å². The van der Waals surface area contributed by atoms with Crippen molar-refractivity contribution in [3.8, 4) is 0 Å². The fraction of sp³-hybridized carbons (Fsp3) is 0.125. The number of halogens is 2. The highest BCUT2D eigenvalue weighted by molar-refractivity contribution is 7.81. The van der Waals surface area contributed by atoms with Gasteiger partial charge in [0.25, 0.3) is 0 Å². The Morgan fingerprint density at radius 1 is 1.43 bits per heavy atom. The van der Waals surface area contributed by atoms with Gasteiger partial charge in [-0.1, -0.05) is 6.07 Å². The summed E-state index contributed by atoms with van der Waals surface area (Å²) >= 11 is 8.65. The second-order valence-corrected chi connectivity index (χ2v) is 3.54. The van der Waals surface area contributed by atoms with Crippen molar-refractivity contribution in [1.82, 2.24) is 5.32 Å². The van der Waals surface area contributed by atoms with Crippen molar-refractivity contribution >= 4 is 30.0 Å². The van der Waals surface area contributed by atoms with Gasteiger partial charge in [-0.2, -0.15) is 0 Å². The average molecular weight is 234 g/mol. The zero-order chi connectivity index (χ0) is 10.7. The maximum atomic E-state index is 12.8. The fourth-order valence-electron chi connectivity index (χ4n) is 0.901. The Labute approximate surface area is 90.9 Å². The average Bonchev–Trinajstić information content (AvgIpc) is 2.08. The van der Waals surface area contributed by atoms with Gasteiger partial charge in [0.1, 0.15) is 0 Å². The maximum absolute atomic E-state index is 12.8. The third-order valence-corrected chi connectivity index (χ3v) is 2.08.